The first kappa shape index (κ1) is 36.4. The largest absolute Gasteiger partial charge is 0.497 e. The van der Waals surface area contributed by atoms with E-state index < -0.39 is 19.8 Å². The Hall–Kier alpha value is -4.97. The van der Waals surface area contributed by atoms with Crippen molar-refractivity contribution in [3.8, 4) is 11.5 Å². The van der Waals surface area contributed by atoms with Crippen molar-refractivity contribution >= 4 is 48.0 Å². The molecule has 0 bridgehead atoms. The molecular weight excluding hydrogens is 687 g/mol. The number of aliphatic hydroxyl groups is 1. The molecule has 2 fully saturated rings. The number of ether oxygens (including phenoxy) is 3. The fourth-order valence-corrected chi connectivity index (χ4v) is 12.9. The van der Waals surface area contributed by atoms with Gasteiger partial charge in [0.1, 0.15) is 11.5 Å². The van der Waals surface area contributed by atoms with Crippen molar-refractivity contribution in [1.29, 1.82) is 0 Å². The van der Waals surface area contributed by atoms with Gasteiger partial charge in [-0.2, -0.15) is 0 Å². The molecule has 3 heterocycles. The Morgan fingerprint density at radius 3 is 2.25 bits per heavy atom. The number of rotatable bonds is 10. The summed E-state index contributed by atoms with van der Waals surface area (Å²) < 4.78 is 18.0. The van der Waals surface area contributed by atoms with Gasteiger partial charge in [-0.05, 0) is 85.1 Å². The van der Waals surface area contributed by atoms with Crippen LogP contribution in [0.4, 0.5) is 17.1 Å². The molecule has 10 nitrogen and oxygen atoms in total. The Morgan fingerprint density at radius 1 is 0.943 bits per heavy atom. The van der Waals surface area contributed by atoms with Crippen LogP contribution >= 0.6 is 0 Å². The van der Waals surface area contributed by atoms with Gasteiger partial charge < -0.3 is 29.5 Å². The molecule has 276 valence electrons. The lowest BCUT2D eigenvalue weighted by molar-refractivity contribution is -0.149. The molecule has 0 radical (unpaired) electrons. The van der Waals surface area contributed by atoms with Crippen molar-refractivity contribution in [2.24, 2.45) is 5.92 Å². The molecule has 0 aromatic heterocycles. The Kier molecular flexibility index (Phi) is 9.92. The summed E-state index contributed by atoms with van der Waals surface area (Å²) in [5, 5.41) is 14.3. The van der Waals surface area contributed by atoms with E-state index in [4.69, 9.17) is 14.2 Å². The van der Waals surface area contributed by atoms with Crippen LogP contribution in [0.25, 0.3) is 0 Å². The van der Waals surface area contributed by atoms with Crippen LogP contribution in [0.15, 0.2) is 97.1 Å². The van der Waals surface area contributed by atoms with Gasteiger partial charge in [0.05, 0.1) is 53.2 Å². The lowest BCUT2D eigenvalue weighted by atomic mass is 9.82. The third-order valence-electron chi connectivity index (χ3n) is 11.7. The highest BCUT2D eigenvalue weighted by atomic mass is 28.3. The molecule has 2 saturated heterocycles. The van der Waals surface area contributed by atoms with Crippen molar-refractivity contribution in [2.75, 3.05) is 37.6 Å². The second-order valence-electron chi connectivity index (χ2n) is 14.8. The van der Waals surface area contributed by atoms with Gasteiger partial charge in [-0.15, -0.1) is 0 Å². The number of likely N-dealkylation sites (tertiary alicyclic amines) is 1. The Balaban J connectivity index is 1.33. The lowest BCUT2D eigenvalue weighted by Crippen LogP contribution is -2.52. The van der Waals surface area contributed by atoms with E-state index in [0.29, 0.717) is 40.5 Å². The van der Waals surface area contributed by atoms with Crippen molar-refractivity contribution in [2.45, 2.75) is 62.6 Å². The summed E-state index contributed by atoms with van der Waals surface area (Å²) in [6, 6.07) is 29.8. The Bertz CT molecular complexity index is 1990. The smallest absolute Gasteiger partial charge is 0.268 e. The van der Waals surface area contributed by atoms with E-state index in [0.717, 1.165) is 23.8 Å². The first-order valence-electron chi connectivity index (χ1n) is 18.3. The zero-order valence-electron chi connectivity index (χ0n) is 30.9. The number of hydrogen-bond acceptors (Lipinski definition) is 7. The summed E-state index contributed by atoms with van der Waals surface area (Å²) in [5.41, 5.74) is 1.40. The van der Waals surface area contributed by atoms with Gasteiger partial charge in [0, 0.05) is 35.0 Å². The second kappa shape index (κ2) is 14.5. The third-order valence-corrected chi connectivity index (χ3v) is 16.0. The van der Waals surface area contributed by atoms with Crippen LogP contribution in [0.1, 0.15) is 42.1 Å². The minimum Gasteiger partial charge on any atom is -0.497 e. The molecule has 53 heavy (non-hydrogen) atoms. The zero-order valence-corrected chi connectivity index (χ0v) is 31.9. The fourth-order valence-electron chi connectivity index (χ4n) is 8.94. The number of nitrogens with one attached hydrogen (secondary N) is 1. The van der Waals surface area contributed by atoms with Crippen LogP contribution in [0.5, 0.6) is 11.5 Å². The molecule has 11 heteroatoms. The van der Waals surface area contributed by atoms with E-state index >= 15 is 4.79 Å². The van der Waals surface area contributed by atoms with Gasteiger partial charge in [0.2, 0.25) is 5.91 Å². The molecule has 0 aliphatic carbocycles. The number of methoxy groups -OCH3 is 2. The third kappa shape index (κ3) is 6.30. The first-order valence-corrected chi connectivity index (χ1v) is 21.3. The maximum atomic E-state index is 15.3. The van der Waals surface area contributed by atoms with Crippen LogP contribution in [-0.4, -0.2) is 75.3 Å². The standard InChI is InChI=1S/C42H47N3O7Si/c1-27-39(53(4,5)34-20-18-33(51-3)19-21-34)37(25-38(47)44-23-9-12-31(44)26-46)52-42(27)35-24-29(43-40(48)28-13-16-32(50-2)17-14-28)15-22-36(35)45(41(42)49)30-10-7-6-8-11-30/h6-8,10-11,13-22,24,27,31,37,39,46H,9,12,23,25-26H2,1-5H3,(H,43,48)/t27-,31-,37+,39-,42+/m0/s1. The molecule has 4 aromatic rings. The van der Waals surface area contributed by atoms with E-state index in [1.165, 1.54) is 0 Å². The van der Waals surface area contributed by atoms with Crippen molar-refractivity contribution in [1.82, 2.24) is 4.90 Å². The van der Waals surface area contributed by atoms with Crippen LogP contribution < -0.4 is 24.9 Å². The number of hydrogen-bond donors (Lipinski definition) is 2. The highest BCUT2D eigenvalue weighted by molar-refractivity contribution is 6.91. The summed E-state index contributed by atoms with van der Waals surface area (Å²) in [6.07, 6.45) is 1.08. The normalized spacial score (nSPS) is 23.7. The van der Waals surface area contributed by atoms with Gasteiger partial charge in [-0.1, -0.05) is 55.5 Å². The number of carbonyl (C=O) groups excluding carboxylic acids is 3. The van der Waals surface area contributed by atoms with E-state index in [1.54, 1.807) is 54.4 Å². The fraction of sp³-hybridized carbons (Fsp3) is 0.357. The molecule has 3 aliphatic heterocycles. The SMILES string of the molecule is COc1ccc(C(=O)Nc2ccc3c(c2)[C@@]2(O[C@H](CC(=O)N4CCC[C@H]4CO)[C@@H]([Si](C)(C)c4ccc(OC)cc4)[C@@H]2C)C(=O)N3c2ccccc2)cc1. The number of anilines is 3. The van der Waals surface area contributed by atoms with Crippen molar-refractivity contribution in [3.05, 3.63) is 108 Å². The van der Waals surface area contributed by atoms with Gasteiger partial charge in [0.15, 0.2) is 5.60 Å². The number of carbonyl (C=O) groups is 3. The number of benzene rings is 4. The minimum absolute atomic E-state index is 0.0774. The summed E-state index contributed by atoms with van der Waals surface area (Å²) >= 11 is 0. The van der Waals surface area contributed by atoms with Crippen molar-refractivity contribution in [3.63, 3.8) is 0 Å². The summed E-state index contributed by atoms with van der Waals surface area (Å²) in [5.74, 6) is 0.441. The minimum atomic E-state index is -2.53. The maximum Gasteiger partial charge on any atom is 0.268 e. The number of nitrogens with zero attached hydrogens (tertiary/aromatic N) is 2. The second-order valence-corrected chi connectivity index (χ2v) is 19.5. The topological polar surface area (TPSA) is 118 Å². The summed E-state index contributed by atoms with van der Waals surface area (Å²) in [7, 11) is 0.688. The summed E-state index contributed by atoms with van der Waals surface area (Å²) in [6.45, 7) is 7.14. The van der Waals surface area contributed by atoms with Crippen LogP contribution in [0.3, 0.4) is 0 Å². The monoisotopic (exact) mass is 733 g/mol. The average Bonchev–Trinajstić information content (AvgIpc) is 3.85. The quantitative estimate of drug-likeness (QED) is 0.186. The highest BCUT2D eigenvalue weighted by Crippen LogP contribution is 2.61. The number of fused-ring (bicyclic) bond motifs is 2. The van der Waals surface area contributed by atoms with Crippen LogP contribution in [-0.2, 0) is 19.9 Å². The molecular formula is C42H47N3O7Si. The highest BCUT2D eigenvalue weighted by Gasteiger charge is 2.67. The molecule has 1 spiro atoms. The van der Waals surface area contributed by atoms with Gasteiger partial charge in [0.25, 0.3) is 11.8 Å². The van der Waals surface area contributed by atoms with Gasteiger partial charge in [-0.3, -0.25) is 19.3 Å². The predicted molar refractivity (Wildman–Crippen MR) is 207 cm³/mol. The predicted octanol–water partition coefficient (Wildman–Crippen LogP) is 6.22. The van der Waals surface area contributed by atoms with Gasteiger partial charge >= 0.3 is 0 Å². The molecule has 0 unspecified atom stereocenters. The summed E-state index contributed by atoms with van der Waals surface area (Å²) in [4.78, 5) is 46.3. The van der Waals surface area contributed by atoms with Crippen LogP contribution in [0, 0.1) is 5.92 Å². The molecule has 5 atom stereocenters. The molecule has 7 rings (SSSR count). The molecule has 2 N–H and O–H groups in total. The Morgan fingerprint density at radius 2 is 1.60 bits per heavy atom. The van der Waals surface area contributed by atoms with Crippen LogP contribution in [0.2, 0.25) is 18.6 Å². The van der Waals surface area contributed by atoms with Gasteiger partial charge in [-0.25, -0.2) is 0 Å². The molecule has 3 aliphatic rings. The molecule has 4 aromatic carbocycles. The molecule has 0 saturated carbocycles. The average molecular weight is 734 g/mol. The maximum absolute atomic E-state index is 15.3. The first-order chi connectivity index (χ1) is 25.5. The van der Waals surface area contributed by atoms with Crippen molar-refractivity contribution < 1.29 is 33.7 Å². The number of para-hydroxylation sites is 1. The Labute approximate surface area is 311 Å². The number of amides is 3. The van der Waals surface area contributed by atoms with E-state index in [-0.39, 0.29) is 48.3 Å². The zero-order chi connectivity index (χ0) is 37.5. The van der Waals surface area contributed by atoms with E-state index in [2.05, 4.69) is 37.5 Å². The molecule has 3 amide bonds. The number of aliphatic hydroxyl groups excluding tert-OH is 1. The van der Waals surface area contributed by atoms with E-state index in [1.807, 2.05) is 54.6 Å². The lowest BCUT2D eigenvalue weighted by Gasteiger charge is -2.37. The van der Waals surface area contributed by atoms with E-state index in [9.17, 15) is 14.7 Å².